The van der Waals surface area contributed by atoms with Gasteiger partial charge in [-0.1, -0.05) is 13.3 Å². The lowest BCUT2D eigenvalue weighted by Crippen LogP contribution is -2.53. The third-order valence-electron chi connectivity index (χ3n) is 3.53. The van der Waals surface area contributed by atoms with E-state index in [1.807, 2.05) is 6.92 Å². The van der Waals surface area contributed by atoms with Crippen molar-refractivity contribution in [3.63, 3.8) is 0 Å². The van der Waals surface area contributed by atoms with Crippen LogP contribution in [0, 0.1) is 0 Å². The van der Waals surface area contributed by atoms with E-state index in [4.69, 9.17) is 5.73 Å². The minimum atomic E-state index is -0.0549. The Labute approximate surface area is 105 Å². The first-order chi connectivity index (χ1) is 8.04. The third-order valence-corrected chi connectivity index (χ3v) is 3.53. The van der Waals surface area contributed by atoms with Crippen LogP contribution in [0.2, 0.25) is 0 Å². The van der Waals surface area contributed by atoms with Gasteiger partial charge in [-0.25, -0.2) is 0 Å². The molecule has 4 heteroatoms. The zero-order valence-corrected chi connectivity index (χ0v) is 11.4. The van der Waals surface area contributed by atoms with Gasteiger partial charge in [0.15, 0.2) is 0 Å². The molecule has 1 aliphatic heterocycles. The molecule has 1 rings (SSSR count). The molecule has 0 saturated carbocycles. The lowest BCUT2D eigenvalue weighted by Gasteiger charge is -2.35. The Morgan fingerprint density at radius 3 is 2.82 bits per heavy atom. The van der Waals surface area contributed by atoms with Crippen molar-refractivity contribution in [3.05, 3.63) is 0 Å². The molecule has 4 nitrogen and oxygen atoms in total. The average Bonchev–Trinajstić information content (AvgIpc) is 2.28. The number of amides is 1. The molecule has 0 aromatic heterocycles. The van der Waals surface area contributed by atoms with Gasteiger partial charge in [-0.2, -0.15) is 0 Å². The summed E-state index contributed by atoms with van der Waals surface area (Å²) in [7, 11) is 0. The molecule has 3 unspecified atom stereocenters. The molecule has 0 aromatic carbocycles. The molecule has 0 bridgehead atoms. The summed E-state index contributed by atoms with van der Waals surface area (Å²) in [4.78, 5) is 14.2. The van der Waals surface area contributed by atoms with Crippen molar-refractivity contribution in [1.29, 1.82) is 0 Å². The molecular formula is C13H27N3O. The summed E-state index contributed by atoms with van der Waals surface area (Å²) in [6.45, 7) is 8.01. The Morgan fingerprint density at radius 2 is 2.24 bits per heavy atom. The van der Waals surface area contributed by atoms with Gasteiger partial charge in [0.25, 0.3) is 0 Å². The average molecular weight is 241 g/mol. The lowest BCUT2D eigenvalue weighted by molar-refractivity contribution is -0.127. The van der Waals surface area contributed by atoms with Gasteiger partial charge in [-0.15, -0.1) is 0 Å². The molecule has 3 N–H and O–H groups in total. The van der Waals surface area contributed by atoms with Crippen LogP contribution in [0.1, 0.15) is 46.5 Å². The summed E-state index contributed by atoms with van der Waals surface area (Å²) in [5.74, 6) is 0.139. The minimum absolute atomic E-state index is 0.0549. The molecule has 0 radical (unpaired) electrons. The molecule has 1 heterocycles. The van der Waals surface area contributed by atoms with Crippen molar-refractivity contribution in [2.45, 2.75) is 64.6 Å². The fourth-order valence-corrected chi connectivity index (χ4v) is 2.43. The first kappa shape index (κ1) is 14.5. The zero-order chi connectivity index (χ0) is 12.8. The number of nitrogens with zero attached hydrogens (tertiary/aromatic N) is 1. The number of carbonyl (C=O) groups excluding carboxylic acids is 1. The second kappa shape index (κ2) is 6.97. The highest BCUT2D eigenvalue weighted by molar-refractivity contribution is 5.81. The number of nitrogens with one attached hydrogen (secondary N) is 1. The molecule has 0 aromatic rings. The molecule has 3 atom stereocenters. The van der Waals surface area contributed by atoms with Crippen molar-refractivity contribution < 1.29 is 4.79 Å². The molecule has 0 spiro atoms. The minimum Gasteiger partial charge on any atom is -0.352 e. The van der Waals surface area contributed by atoms with Gasteiger partial charge in [0, 0.05) is 18.6 Å². The molecule has 0 aliphatic carbocycles. The van der Waals surface area contributed by atoms with E-state index in [1.54, 1.807) is 0 Å². The van der Waals surface area contributed by atoms with Gasteiger partial charge in [-0.05, 0) is 39.7 Å². The van der Waals surface area contributed by atoms with Gasteiger partial charge >= 0.3 is 0 Å². The first-order valence-electron chi connectivity index (χ1n) is 6.84. The van der Waals surface area contributed by atoms with Gasteiger partial charge in [0.05, 0.1) is 6.04 Å². The lowest BCUT2D eigenvalue weighted by atomic mass is 10.0. The normalized spacial score (nSPS) is 25.3. The summed E-state index contributed by atoms with van der Waals surface area (Å²) in [6, 6.07) is 0.445. The van der Waals surface area contributed by atoms with Crippen molar-refractivity contribution in [2.75, 3.05) is 13.1 Å². The van der Waals surface area contributed by atoms with Crippen LogP contribution < -0.4 is 11.1 Å². The van der Waals surface area contributed by atoms with Gasteiger partial charge < -0.3 is 11.1 Å². The molecule has 1 aliphatic rings. The molecule has 17 heavy (non-hydrogen) atoms. The summed E-state index contributed by atoms with van der Waals surface area (Å²) in [5, 5.41) is 3.07. The molecular weight excluding hydrogens is 214 g/mol. The predicted octanol–water partition coefficient (Wildman–Crippen LogP) is 1.10. The van der Waals surface area contributed by atoms with Crippen LogP contribution in [-0.2, 0) is 4.79 Å². The number of carbonyl (C=O) groups is 1. The Bertz CT molecular complexity index is 245. The van der Waals surface area contributed by atoms with Crippen LogP contribution in [0.25, 0.3) is 0 Å². The number of hydrogen-bond acceptors (Lipinski definition) is 3. The van der Waals surface area contributed by atoms with Crippen molar-refractivity contribution in [2.24, 2.45) is 5.73 Å². The van der Waals surface area contributed by atoms with Crippen molar-refractivity contribution in [1.82, 2.24) is 10.2 Å². The zero-order valence-electron chi connectivity index (χ0n) is 11.4. The fourth-order valence-electron chi connectivity index (χ4n) is 2.43. The van der Waals surface area contributed by atoms with Crippen LogP contribution >= 0.6 is 0 Å². The van der Waals surface area contributed by atoms with Crippen LogP contribution in [0.15, 0.2) is 0 Å². The highest BCUT2D eigenvalue weighted by Gasteiger charge is 2.26. The standard InChI is InChI=1S/C13H27N3O/c1-4-6-10(2)15-13(17)11(3)16-8-5-7-12(14)9-16/h10-12H,4-9,14H2,1-3H3,(H,15,17). The Hall–Kier alpha value is -0.610. The van der Waals surface area contributed by atoms with Crippen LogP contribution in [0.3, 0.4) is 0 Å². The maximum Gasteiger partial charge on any atom is 0.237 e. The van der Waals surface area contributed by atoms with E-state index < -0.39 is 0 Å². The quantitative estimate of drug-likeness (QED) is 0.758. The number of hydrogen-bond donors (Lipinski definition) is 2. The van der Waals surface area contributed by atoms with E-state index in [9.17, 15) is 4.79 Å². The number of rotatable bonds is 5. The maximum atomic E-state index is 12.0. The largest absolute Gasteiger partial charge is 0.352 e. The van der Waals surface area contributed by atoms with Crippen molar-refractivity contribution in [3.8, 4) is 0 Å². The van der Waals surface area contributed by atoms with Crippen LogP contribution in [0.5, 0.6) is 0 Å². The van der Waals surface area contributed by atoms with E-state index in [-0.39, 0.29) is 24.0 Å². The Morgan fingerprint density at radius 1 is 1.53 bits per heavy atom. The predicted molar refractivity (Wildman–Crippen MR) is 70.8 cm³/mol. The van der Waals surface area contributed by atoms with Gasteiger partial charge in [-0.3, -0.25) is 9.69 Å². The Kier molecular flexibility index (Phi) is 5.92. The number of nitrogens with two attached hydrogens (primary N) is 1. The molecule has 100 valence electrons. The highest BCUT2D eigenvalue weighted by Crippen LogP contribution is 2.12. The van der Waals surface area contributed by atoms with E-state index in [2.05, 4.69) is 24.1 Å². The van der Waals surface area contributed by atoms with E-state index >= 15 is 0 Å². The fraction of sp³-hybridized carbons (Fsp3) is 0.923. The first-order valence-corrected chi connectivity index (χ1v) is 6.84. The van der Waals surface area contributed by atoms with E-state index in [1.165, 1.54) is 0 Å². The number of likely N-dealkylation sites (tertiary alicyclic amines) is 1. The molecule has 1 fully saturated rings. The summed E-state index contributed by atoms with van der Waals surface area (Å²) in [6.07, 6.45) is 4.32. The smallest absolute Gasteiger partial charge is 0.237 e. The summed E-state index contributed by atoms with van der Waals surface area (Å²) >= 11 is 0. The highest BCUT2D eigenvalue weighted by atomic mass is 16.2. The summed E-state index contributed by atoms with van der Waals surface area (Å²) in [5.41, 5.74) is 5.94. The molecule has 1 amide bonds. The second-order valence-electron chi connectivity index (χ2n) is 5.27. The number of piperidine rings is 1. The van der Waals surface area contributed by atoms with Gasteiger partial charge in [0.1, 0.15) is 0 Å². The monoisotopic (exact) mass is 241 g/mol. The maximum absolute atomic E-state index is 12.0. The van der Waals surface area contributed by atoms with E-state index in [0.717, 1.165) is 38.8 Å². The SMILES string of the molecule is CCCC(C)NC(=O)C(C)N1CCCC(N)C1. The Balaban J connectivity index is 2.39. The topological polar surface area (TPSA) is 58.4 Å². The third kappa shape index (κ3) is 4.64. The van der Waals surface area contributed by atoms with E-state index in [0.29, 0.717) is 0 Å². The summed E-state index contributed by atoms with van der Waals surface area (Å²) < 4.78 is 0. The second-order valence-corrected chi connectivity index (χ2v) is 5.27. The van der Waals surface area contributed by atoms with Crippen molar-refractivity contribution >= 4 is 5.91 Å². The van der Waals surface area contributed by atoms with Gasteiger partial charge in [0.2, 0.25) is 5.91 Å². The molecule has 1 saturated heterocycles. The van der Waals surface area contributed by atoms with Crippen LogP contribution in [0.4, 0.5) is 0 Å². The van der Waals surface area contributed by atoms with Crippen LogP contribution in [-0.4, -0.2) is 42.0 Å².